The molecule has 0 unspecified atom stereocenters. The molecule has 1 fully saturated rings. The third-order valence-electron chi connectivity index (χ3n) is 3.25. The summed E-state index contributed by atoms with van der Waals surface area (Å²) in [5.41, 5.74) is 0. The average molecular weight is 250 g/mol. The first-order valence-electron chi connectivity index (χ1n) is 6.07. The number of carbonyl (C=O) groups excluding carboxylic acids is 1. The van der Waals surface area contributed by atoms with Crippen LogP contribution in [0.3, 0.4) is 0 Å². The van der Waals surface area contributed by atoms with Gasteiger partial charge < -0.3 is 15.0 Å². The molecule has 0 radical (unpaired) electrons. The van der Waals surface area contributed by atoms with Gasteiger partial charge in [0.2, 0.25) is 11.9 Å². The number of hydrogen-bond donors (Lipinski definition) is 1. The van der Waals surface area contributed by atoms with Crippen LogP contribution in [0.15, 0.2) is 12.4 Å². The molecular formula is C12H18N4O2. The first-order chi connectivity index (χ1) is 8.74. The maximum atomic E-state index is 11.5. The average Bonchev–Trinajstić information content (AvgIpc) is 2.47. The Morgan fingerprint density at radius 3 is 2.50 bits per heavy atom. The van der Waals surface area contributed by atoms with Crippen LogP contribution in [0.5, 0.6) is 5.75 Å². The largest absolute Gasteiger partial charge is 0.494 e. The summed E-state index contributed by atoms with van der Waals surface area (Å²) in [7, 11) is 3.27. The molecule has 1 aromatic rings. The SMILES string of the molecule is CNC(=O)C1CCN(c2ncc(OC)cn2)CC1. The van der Waals surface area contributed by atoms with Crippen molar-refractivity contribution in [2.45, 2.75) is 12.8 Å². The van der Waals surface area contributed by atoms with Gasteiger partial charge in [0.25, 0.3) is 0 Å². The van der Waals surface area contributed by atoms with Crippen LogP contribution in [0.2, 0.25) is 0 Å². The number of nitrogens with one attached hydrogen (secondary N) is 1. The van der Waals surface area contributed by atoms with Crippen LogP contribution in [0, 0.1) is 5.92 Å². The molecule has 1 aromatic heterocycles. The summed E-state index contributed by atoms with van der Waals surface area (Å²) in [6, 6.07) is 0. The highest BCUT2D eigenvalue weighted by Gasteiger charge is 2.25. The second-order valence-electron chi connectivity index (χ2n) is 4.30. The standard InChI is InChI=1S/C12H18N4O2/c1-13-11(17)9-3-5-16(6-4-9)12-14-7-10(18-2)8-15-12/h7-9H,3-6H2,1-2H3,(H,13,17). The van der Waals surface area contributed by atoms with Gasteiger partial charge in [-0.3, -0.25) is 4.79 Å². The summed E-state index contributed by atoms with van der Waals surface area (Å²) in [4.78, 5) is 22.1. The molecule has 0 atom stereocenters. The van der Waals surface area contributed by atoms with Gasteiger partial charge in [-0.25, -0.2) is 9.97 Å². The lowest BCUT2D eigenvalue weighted by atomic mass is 9.96. The molecule has 2 heterocycles. The maximum Gasteiger partial charge on any atom is 0.225 e. The highest BCUT2D eigenvalue weighted by Crippen LogP contribution is 2.21. The number of methoxy groups -OCH3 is 1. The van der Waals surface area contributed by atoms with Crippen molar-refractivity contribution in [2.24, 2.45) is 5.92 Å². The highest BCUT2D eigenvalue weighted by molar-refractivity contribution is 5.78. The summed E-state index contributed by atoms with van der Waals surface area (Å²) in [6.45, 7) is 1.62. The Hall–Kier alpha value is -1.85. The number of carbonyl (C=O) groups is 1. The van der Waals surface area contributed by atoms with Crippen molar-refractivity contribution in [3.05, 3.63) is 12.4 Å². The molecule has 0 aliphatic carbocycles. The number of aromatic nitrogens is 2. The van der Waals surface area contributed by atoms with Gasteiger partial charge in [0.05, 0.1) is 19.5 Å². The molecule has 0 aromatic carbocycles. The van der Waals surface area contributed by atoms with E-state index in [0.29, 0.717) is 11.7 Å². The fourth-order valence-electron chi connectivity index (χ4n) is 2.12. The van der Waals surface area contributed by atoms with Crippen LogP contribution >= 0.6 is 0 Å². The van der Waals surface area contributed by atoms with Gasteiger partial charge >= 0.3 is 0 Å². The summed E-state index contributed by atoms with van der Waals surface area (Å²) < 4.78 is 5.02. The van der Waals surface area contributed by atoms with Crippen molar-refractivity contribution < 1.29 is 9.53 Å². The number of nitrogens with zero attached hydrogens (tertiary/aromatic N) is 3. The zero-order chi connectivity index (χ0) is 13.0. The number of piperidine rings is 1. The van der Waals surface area contributed by atoms with E-state index in [1.54, 1.807) is 26.6 Å². The van der Waals surface area contributed by atoms with E-state index in [1.807, 2.05) is 0 Å². The molecule has 98 valence electrons. The smallest absolute Gasteiger partial charge is 0.225 e. The maximum absolute atomic E-state index is 11.5. The predicted octanol–water partition coefficient (Wildman–Crippen LogP) is 0.448. The van der Waals surface area contributed by atoms with Crippen molar-refractivity contribution in [3.8, 4) is 5.75 Å². The van der Waals surface area contributed by atoms with E-state index in [-0.39, 0.29) is 11.8 Å². The second kappa shape index (κ2) is 5.66. The molecule has 0 bridgehead atoms. The molecule has 2 rings (SSSR count). The van der Waals surface area contributed by atoms with Gasteiger partial charge in [0.15, 0.2) is 5.75 Å². The van der Waals surface area contributed by atoms with Crippen LogP contribution < -0.4 is 15.0 Å². The van der Waals surface area contributed by atoms with E-state index in [0.717, 1.165) is 25.9 Å². The van der Waals surface area contributed by atoms with Gasteiger partial charge in [-0.1, -0.05) is 0 Å². The Morgan fingerprint density at radius 2 is 2.00 bits per heavy atom. The van der Waals surface area contributed by atoms with E-state index in [1.165, 1.54) is 0 Å². The van der Waals surface area contributed by atoms with Crippen molar-refractivity contribution >= 4 is 11.9 Å². The van der Waals surface area contributed by atoms with Crippen LogP contribution in [-0.4, -0.2) is 43.1 Å². The van der Waals surface area contributed by atoms with Gasteiger partial charge in [0.1, 0.15) is 0 Å². The minimum atomic E-state index is 0.115. The lowest BCUT2D eigenvalue weighted by Gasteiger charge is -2.30. The number of ether oxygens (including phenoxy) is 1. The topological polar surface area (TPSA) is 67.4 Å². The minimum absolute atomic E-state index is 0.115. The molecule has 1 amide bonds. The Morgan fingerprint density at radius 1 is 1.39 bits per heavy atom. The number of amides is 1. The van der Waals surface area contributed by atoms with E-state index in [9.17, 15) is 4.79 Å². The molecular weight excluding hydrogens is 232 g/mol. The second-order valence-corrected chi connectivity index (χ2v) is 4.30. The van der Waals surface area contributed by atoms with Crippen molar-refractivity contribution in [2.75, 3.05) is 32.1 Å². The van der Waals surface area contributed by atoms with Crippen molar-refractivity contribution in [1.82, 2.24) is 15.3 Å². The normalized spacial score (nSPS) is 16.4. The van der Waals surface area contributed by atoms with Crippen LogP contribution in [0.25, 0.3) is 0 Å². The molecule has 18 heavy (non-hydrogen) atoms. The first-order valence-corrected chi connectivity index (χ1v) is 6.07. The van der Waals surface area contributed by atoms with Crippen molar-refractivity contribution in [3.63, 3.8) is 0 Å². The van der Waals surface area contributed by atoms with Crippen LogP contribution in [0.4, 0.5) is 5.95 Å². The van der Waals surface area contributed by atoms with E-state index < -0.39 is 0 Å². The summed E-state index contributed by atoms with van der Waals surface area (Å²) in [6.07, 6.45) is 5.00. The van der Waals surface area contributed by atoms with Gasteiger partial charge in [-0.2, -0.15) is 0 Å². The molecule has 1 aliphatic rings. The van der Waals surface area contributed by atoms with Gasteiger partial charge in [-0.15, -0.1) is 0 Å². The third kappa shape index (κ3) is 2.69. The van der Waals surface area contributed by atoms with Gasteiger partial charge in [-0.05, 0) is 12.8 Å². The lowest BCUT2D eigenvalue weighted by molar-refractivity contribution is -0.125. The monoisotopic (exact) mass is 250 g/mol. The number of anilines is 1. The molecule has 1 N–H and O–H groups in total. The third-order valence-corrected chi connectivity index (χ3v) is 3.25. The van der Waals surface area contributed by atoms with Crippen LogP contribution in [0.1, 0.15) is 12.8 Å². The molecule has 0 spiro atoms. The molecule has 0 saturated carbocycles. The number of hydrogen-bond acceptors (Lipinski definition) is 5. The lowest BCUT2D eigenvalue weighted by Crippen LogP contribution is -2.40. The zero-order valence-electron chi connectivity index (χ0n) is 10.7. The number of rotatable bonds is 3. The first kappa shape index (κ1) is 12.6. The predicted molar refractivity (Wildman–Crippen MR) is 67.6 cm³/mol. The van der Waals surface area contributed by atoms with Gasteiger partial charge in [0, 0.05) is 26.1 Å². The minimum Gasteiger partial charge on any atom is -0.494 e. The molecule has 1 saturated heterocycles. The fraction of sp³-hybridized carbons (Fsp3) is 0.583. The van der Waals surface area contributed by atoms with Crippen molar-refractivity contribution in [1.29, 1.82) is 0 Å². The Labute approximate surface area is 106 Å². The molecule has 6 heteroatoms. The Bertz CT molecular complexity index is 399. The summed E-state index contributed by atoms with van der Waals surface area (Å²) in [5.74, 6) is 1.60. The summed E-state index contributed by atoms with van der Waals surface area (Å²) >= 11 is 0. The summed E-state index contributed by atoms with van der Waals surface area (Å²) in [5, 5.41) is 2.70. The van der Waals surface area contributed by atoms with E-state index in [4.69, 9.17) is 4.74 Å². The van der Waals surface area contributed by atoms with Crippen LogP contribution in [-0.2, 0) is 4.79 Å². The van der Waals surface area contributed by atoms with E-state index in [2.05, 4.69) is 20.2 Å². The van der Waals surface area contributed by atoms with E-state index >= 15 is 0 Å². The Balaban J connectivity index is 1.94. The fourth-order valence-corrected chi connectivity index (χ4v) is 2.12. The highest BCUT2D eigenvalue weighted by atomic mass is 16.5. The molecule has 6 nitrogen and oxygen atoms in total. The quantitative estimate of drug-likeness (QED) is 0.843. The molecule has 1 aliphatic heterocycles. The Kier molecular flexibility index (Phi) is 3.96. The zero-order valence-corrected chi connectivity index (χ0v) is 10.7.